The van der Waals surface area contributed by atoms with Gasteiger partial charge in [0, 0.05) is 12.6 Å². The first-order chi connectivity index (χ1) is 7.10. The zero-order chi connectivity index (χ0) is 11.1. The average molecular weight is 212 g/mol. The zero-order valence-corrected chi connectivity index (χ0v) is 9.49. The highest BCUT2D eigenvalue weighted by Gasteiger charge is 2.51. The Hall–Kier alpha value is -0.610. The minimum Gasteiger partial charge on any atom is -0.480 e. The monoisotopic (exact) mass is 212 g/mol. The van der Waals surface area contributed by atoms with Crippen molar-refractivity contribution >= 4 is 5.97 Å². The van der Waals surface area contributed by atoms with Gasteiger partial charge >= 0.3 is 5.97 Å². The van der Waals surface area contributed by atoms with Gasteiger partial charge in [0.15, 0.2) is 0 Å². The Labute approximate surface area is 90.6 Å². The molecule has 0 spiro atoms. The average Bonchev–Trinajstić information content (AvgIpc) is 3.06. The number of nitrogens with one attached hydrogen (secondary N) is 1. The molecule has 0 aromatic carbocycles. The number of hydrogen-bond donors (Lipinski definition) is 2. The van der Waals surface area contributed by atoms with Crippen LogP contribution in [0, 0.1) is 5.92 Å². The maximum absolute atomic E-state index is 11.4. The van der Waals surface area contributed by atoms with E-state index in [-0.39, 0.29) is 0 Å². The van der Waals surface area contributed by atoms with E-state index >= 15 is 0 Å². The highest BCUT2D eigenvalue weighted by molar-refractivity contribution is 5.80. The summed E-state index contributed by atoms with van der Waals surface area (Å²) in [7, 11) is 3.81. The zero-order valence-electron chi connectivity index (χ0n) is 9.49. The number of aliphatic carboxylic acids is 1. The van der Waals surface area contributed by atoms with Crippen LogP contribution >= 0.6 is 0 Å². The van der Waals surface area contributed by atoms with Gasteiger partial charge in [-0.3, -0.25) is 4.79 Å². The van der Waals surface area contributed by atoms with Gasteiger partial charge in [-0.15, -0.1) is 0 Å². The van der Waals surface area contributed by atoms with Crippen LogP contribution in [-0.4, -0.2) is 48.2 Å². The molecule has 15 heavy (non-hydrogen) atoms. The first-order valence-electron chi connectivity index (χ1n) is 5.72. The topological polar surface area (TPSA) is 52.6 Å². The van der Waals surface area contributed by atoms with Crippen LogP contribution in [0.1, 0.15) is 25.7 Å². The van der Waals surface area contributed by atoms with Crippen molar-refractivity contribution in [2.45, 2.75) is 37.3 Å². The van der Waals surface area contributed by atoms with E-state index in [4.69, 9.17) is 0 Å². The molecule has 2 saturated carbocycles. The van der Waals surface area contributed by atoms with Crippen molar-refractivity contribution in [3.63, 3.8) is 0 Å². The van der Waals surface area contributed by atoms with Gasteiger partial charge in [-0.05, 0) is 45.7 Å². The Morgan fingerprint density at radius 1 is 1.47 bits per heavy atom. The largest absolute Gasteiger partial charge is 0.480 e. The molecule has 0 aliphatic heterocycles. The van der Waals surface area contributed by atoms with Crippen LogP contribution < -0.4 is 5.32 Å². The van der Waals surface area contributed by atoms with Crippen molar-refractivity contribution in [1.29, 1.82) is 0 Å². The summed E-state index contributed by atoms with van der Waals surface area (Å²) in [5.41, 5.74) is -0.711. The summed E-state index contributed by atoms with van der Waals surface area (Å²) >= 11 is 0. The first-order valence-corrected chi connectivity index (χ1v) is 5.72. The van der Waals surface area contributed by atoms with Crippen LogP contribution in [-0.2, 0) is 4.79 Å². The predicted molar refractivity (Wildman–Crippen MR) is 57.8 cm³/mol. The molecule has 2 rings (SSSR count). The second-order valence-corrected chi connectivity index (χ2v) is 4.95. The van der Waals surface area contributed by atoms with E-state index in [9.17, 15) is 9.90 Å². The molecule has 86 valence electrons. The van der Waals surface area contributed by atoms with E-state index in [1.807, 2.05) is 7.05 Å². The number of rotatable bonds is 6. The normalized spacial score (nSPS) is 25.3. The molecule has 4 nitrogen and oxygen atoms in total. The van der Waals surface area contributed by atoms with E-state index in [0.29, 0.717) is 18.5 Å². The van der Waals surface area contributed by atoms with Gasteiger partial charge in [0.2, 0.25) is 0 Å². The Morgan fingerprint density at radius 3 is 2.40 bits per heavy atom. The van der Waals surface area contributed by atoms with Crippen LogP contribution in [0.2, 0.25) is 0 Å². The highest BCUT2D eigenvalue weighted by Crippen LogP contribution is 2.41. The lowest BCUT2D eigenvalue weighted by Crippen LogP contribution is -2.59. The van der Waals surface area contributed by atoms with Crippen LogP contribution in [0.25, 0.3) is 0 Å². The van der Waals surface area contributed by atoms with Gasteiger partial charge in [-0.25, -0.2) is 0 Å². The van der Waals surface area contributed by atoms with E-state index in [1.54, 1.807) is 7.05 Å². The molecular formula is C11H20N2O2. The second kappa shape index (κ2) is 3.76. The fraction of sp³-hybridized carbons (Fsp3) is 0.909. The molecule has 1 unspecified atom stereocenters. The third-order valence-corrected chi connectivity index (χ3v) is 3.77. The maximum Gasteiger partial charge on any atom is 0.325 e. The highest BCUT2D eigenvalue weighted by atomic mass is 16.4. The lowest BCUT2D eigenvalue weighted by atomic mass is 9.92. The van der Waals surface area contributed by atoms with Crippen molar-refractivity contribution in [2.75, 3.05) is 20.6 Å². The number of likely N-dealkylation sites (N-methyl/N-ethyl adjacent to an activating group) is 2. The quantitative estimate of drug-likeness (QED) is 0.674. The predicted octanol–water partition coefficient (Wildman–Crippen LogP) is 0.533. The lowest BCUT2D eigenvalue weighted by molar-refractivity contribution is -0.146. The molecular weight excluding hydrogens is 192 g/mol. The Kier molecular flexibility index (Phi) is 2.73. The molecule has 0 aromatic heterocycles. The van der Waals surface area contributed by atoms with Gasteiger partial charge in [0.25, 0.3) is 0 Å². The van der Waals surface area contributed by atoms with E-state index in [0.717, 1.165) is 12.8 Å². The van der Waals surface area contributed by atoms with Crippen LogP contribution in [0.5, 0.6) is 0 Å². The molecule has 0 bridgehead atoms. The molecule has 1 atom stereocenters. The van der Waals surface area contributed by atoms with Gasteiger partial charge in [-0.1, -0.05) is 0 Å². The SMILES string of the molecule is CNC(CN(C)C1CC1)(C(=O)O)C1CC1. The van der Waals surface area contributed by atoms with E-state index in [1.165, 1.54) is 12.8 Å². The summed E-state index contributed by atoms with van der Waals surface area (Å²) in [5, 5.41) is 12.4. The summed E-state index contributed by atoms with van der Waals surface area (Å²) in [6, 6.07) is 0.621. The molecule has 4 heteroatoms. The third kappa shape index (κ3) is 2.01. The van der Waals surface area contributed by atoms with Gasteiger partial charge in [0.1, 0.15) is 5.54 Å². The van der Waals surface area contributed by atoms with Gasteiger partial charge in [-0.2, -0.15) is 0 Å². The molecule has 2 aliphatic rings. The van der Waals surface area contributed by atoms with Crippen LogP contribution in [0.3, 0.4) is 0 Å². The number of carboxylic acid groups (broad SMARTS) is 1. The molecule has 2 N–H and O–H groups in total. The smallest absolute Gasteiger partial charge is 0.325 e. The number of hydrogen-bond acceptors (Lipinski definition) is 3. The van der Waals surface area contributed by atoms with Crippen molar-refractivity contribution in [1.82, 2.24) is 10.2 Å². The molecule has 0 heterocycles. The molecule has 0 saturated heterocycles. The van der Waals surface area contributed by atoms with Crippen molar-refractivity contribution in [3.8, 4) is 0 Å². The Bertz CT molecular complexity index is 261. The number of carboxylic acids is 1. The fourth-order valence-electron chi connectivity index (χ4n) is 2.38. The van der Waals surface area contributed by atoms with Crippen molar-refractivity contribution in [2.24, 2.45) is 5.92 Å². The molecule has 2 aliphatic carbocycles. The van der Waals surface area contributed by atoms with Gasteiger partial charge in [0.05, 0.1) is 0 Å². The summed E-state index contributed by atoms with van der Waals surface area (Å²) in [6.45, 7) is 0.633. The summed E-state index contributed by atoms with van der Waals surface area (Å²) in [5.74, 6) is -0.374. The van der Waals surface area contributed by atoms with Crippen molar-refractivity contribution in [3.05, 3.63) is 0 Å². The first kappa shape index (κ1) is 10.9. The second-order valence-electron chi connectivity index (χ2n) is 4.95. The molecule has 2 fully saturated rings. The van der Waals surface area contributed by atoms with Crippen LogP contribution in [0.15, 0.2) is 0 Å². The van der Waals surface area contributed by atoms with Gasteiger partial charge < -0.3 is 15.3 Å². The summed E-state index contributed by atoms with van der Waals surface area (Å²) in [4.78, 5) is 13.6. The summed E-state index contributed by atoms with van der Waals surface area (Å²) < 4.78 is 0. The molecule has 0 amide bonds. The van der Waals surface area contributed by atoms with Crippen molar-refractivity contribution < 1.29 is 9.90 Å². The Balaban J connectivity index is 2.05. The Morgan fingerprint density at radius 2 is 2.07 bits per heavy atom. The fourth-order valence-corrected chi connectivity index (χ4v) is 2.38. The lowest BCUT2D eigenvalue weighted by Gasteiger charge is -2.33. The maximum atomic E-state index is 11.4. The van der Waals surface area contributed by atoms with E-state index < -0.39 is 11.5 Å². The summed E-state index contributed by atoms with van der Waals surface area (Å²) in [6.07, 6.45) is 4.54. The molecule has 0 radical (unpaired) electrons. The van der Waals surface area contributed by atoms with Crippen LogP contribution in [0.4, 0.5) is 0 Å². The standard InChI is InChI=1S/C11H20N2O2/c1-12-11(10(14)15,8-3-4-8)7-13(2)9-5-6-9/h8-9,12H,3-7H2,1-2H3,(H,14,15). The molecule has 0 aromatic rings. The minimum atomic E-state index is -0.711. The number of carbonyl (C=O) groups is 1. The minimum absolute atomic E-state index is 0.321. The van der Waals surface area contributed by atoms with E-state index in [2.05, 4.69) is 10.2 Å². The number of nitrogens with zero attached hydrogens (tertiary/aromatic N) is 1. The third-order valence-electron chi connectivity index (χ3n) is 3.77.